The number of halogens is 1. The van der Waals surface area contributed by atoms with Gasteiger partial charge in [0, 0.05) is 29.4 Å². The van der Waals surface area contributed by atoms with E-state index in [0.717, 1.165) is 0 Å². The van der Waals surface area contributed by atoms with Gasteiger partial charge >= 0.3 is 0 Å². The van der Waals surface area contributed by atoms with E-state index in [1.54, 1.807) is 24.3 Å². The number of nitrogen functional groups attached to an aromatic ring is 1. The molecular weight excluding hydrogens is 424 g/mol. The van der Waals surface area contributed by atoms with Crippen LogP contribution in [0.3, 0.4) is 0 Å². The fraction of sp³-hybridized carbons (Fsp3) is 0.0476. The van der Waals surface area contributed by atoms with E-state index in [4.69, 9.17) is 22.7 Å². The topological polar surface area (TPSA) is 125 Å². The van der Waals surface area contributed by atoms with E-state index in [2.05, 4.69) is 10.0 Å². The summed E-state index contributed by atoms with van der Waals surface area (Å²) in [7, 11) is -3.96. The number of anilines is 3. The van der Waals surface area contributed by atoms with Crippen molar-refractivity contribution in [1.82, 2.24) is 0 Å². The van der Waals surface area contributed by atoms with E-state index < -0.39 is 10.0 Å². The van der Waals surface area contributed by atoms with Gasteiger partial charge in [0.25, 0.3) is 10.0 Å². The van der Waals surface area contributed by atoms with Gasteiger partial charge in [-0.15, -0.1) is 0 Å². The largest absolute Gasteiger partial charge is 0.398 e. The molecule has 3 aromatic carbocycles. The molecule has 0 unspecified atom stereocenters. The average molecular weight is 443 g/mol. The maximum atomic E-state index is 12.8. The Balaban J connectivity index is 1.90. The van der Waals surface area contributed by atoms with Gasteiger partial charge in [0.15, 0.2) is 0 Å². The first-order valence-electron chi connectivity index (χ1n) is 8.81. The predicted molar refractivity (Wildman–Crippen MR) is 120 cm³/mol. The molecule has 5 N–H and O–H groups in total. The third-order valence-corrected chi connectivity index (χ3v) is 5.89. The van der Waals surface area contributed by atoms with E-state index in [0.29, 0.717) is 22.5 Å². The Labute approximate surface area is 179 Å². The maximum absolute atomic E-state index is 12.8. The van der Waals surface area contributed by atoms with Gasteiger partial charge in [-0.25, -0.2) is 8.42 Å². The summed E-state index contributed by atoms with van der Waals surface area (Å²) in [6, 6.07) is 17.6. The van der Waals surface area contributed by atoms with Crippen LogP contribution in [-0.4, -0.2) is 20.0 Å². The van der Waals surface area contributed by atoms with Crippen LogP contribution in [0.4, 0.5) is 17.1 Å². The van der Waals surface area contributed by atoms with E-state index in [1.165, 1.54) is 43.3 Å². The van der Waals surface area contributed by atoms with Gasteiger partial charge in [-0.1, -0.05) is 41.9 Å². The number of nitrogens with one attached hydrogen (secondary N) is 3. The Morgan fingerprint density at radius 2 is 1.73 bits per heavy atom. The number of hydrogen-bond donors (Lipinski definition) is 4. The highest BCUT2D eigenvalue weighted by molar-refractivity contribution is 7.92. The molecule has 30 heavy (non-hydrogen) atoms. The molecule has 154 valence electrons. The van der Waals surface area contributed by atoms with Crippen molar-refractivity contribution in [2.24, 2.45) is 0 Å². The summed E-state index contributed by atoms with van der Waals surface area (Å²) in [6.45, 7) is 1.33. The Hall–Kier alpha value is -3.36. The Bertz CT molecular complexity index is 1230. The number of nitrogens with two attached hydrogens (primary N) is 1. The first kappa shape index (κ1) is 21.4. The molecule has 1 amide bonds. The van der Waals surface area contributed by atoms with Crippen molar-refractivity contribution in [2.45, 2.75) is 11.8 Å². The number of carbonyl (C=O) groups excluding carboxylic acids is 1. The molecule has 0 saturated carbocycles. The van der Waals surface area contributed by atoms with E-state index in [1.807, 2.05) is 6.07 Å². The molecule has 0 heterocycles. The van der Waals surface area contributed by atoms with Gasteiger partial charge < -0.3 is 11.1 Å². The minimum Gasteiger partial charge on any atom is -0.398 e. The minimum absolute atomic E-state index is 0.0712. The highest BCUT2D eigenvalue weighted by Crippen LogP contribution is 2.27. The summed E-state index contributed by atoms with van der Waals surface area (Å²) in [5.41, 5.74) is 8.17. The highest BCUT2D eigenvalue weighted by Gasteiger charge is 2.18. The fourth-order valence-corrected chi connectivity index (χ4v) is 4.13. The number of amides is 1. The Kier molecular flexibility index (Phi) is 6.09. The molecule has 0 radical (unpaired) electrons. The molecule has 0 aliphatic rings. The standard InChI is InChI=1S/C21H19ClN4O3S/c1-13(27)25-20-10-8-16(12-18(20)22)30(28,29)26-15-7-9-19(23)17(11-15)21(24)14-5-3-2-4-6-14/h2-12,24,26H,23H2,1H3,(H,25,27). The molecular formula is C21H19ClN4O3S. The summed E-state index contributed by atoms with van der Waals surface area (Å²) in [5, 5.41) is 11.0. The lowest BCUT2D eigenvalue weighted by atomic mass is 10.0. The van der Waals surface area contributed by atoms with Crippen LogP contribution in [0.1, 0.15) is 18.1 Å². The molecule has 0 aliphatic carbocycles. The molecule has 0 aliphatic heterocycles. The van der Waals surface area contributed by atoms with Crippen LogP contribution in [0.15, 0.2) is 71.6 Å². The smallest absolute Gasteiger partial charge is 0.261 e. The van der Waals surface area contributed by atoms with Crippen molar-refractivity contribution in [3.05, 3.63) is 82.9 Å². The summed E-state index contributed by atoms with van der Waals surface area (Å²) >= 11 is 6.09. The quantitative estimate of drug-likeness (QED) is 0.338. The number of sulfonamides is 1. The maximum Gasteiger partial charge on any atom is 0.261 e. The molecule has 0 bridgehead atoms. The fourth-order valence-electron chi connectivity index (χ4n) is 2.76. The van der Waals surface area contributed by atoms with Gasteiger partial charge in [0.1, 0.15) is 0 Å². The Morgan fingerprint density at radius 1 is 1.03 bits per heavy atom. The van der Waals surface area contributed by atoms with Gasteiger partial charge in [-0.05, 0) is 36.4 Å². The normalized spacial score (nSPS) is 11.0. The number of hydrogen-bond acceptors (Lipinski definition) is 5. The summed E-state index contributed by atoms with van der Waals surface area (Å²) in [5.74, 6) is -0.319. The average Bonchev–Trinajstić information content (AvgIpc) is 2.70. The highest BCUT2D eigenvalue weighted by atomic mass is 35.5. The zero-order chi connectivity index (χ0) is 21.9. The molecule has 3 rings (SSSR count). The van der Waals surface area contributed by atoms with Crippen molar-refractivity contribution in [3.63, 3.8) is 0 Å². The van der Waals surface area contributed by atoms with Crippen molar-refractivity contribution in [3.8, 4) is 0 Å². The third kappa shape index (κ3) is 4.79. The minimum atomic E-state index is -3.96. The summed E-state index contributed by atoms with van der Waals surface area (Å²) in [4.78, 5) is 11.1. The first-order chi connectivity index (χ1) is 14.2. The second-order valence-electron chi connectivity index (χ2n) is 6.47. The lowest BCUT2D eigenvalue weighted by molar-refractivity contribution is -0.114. The van der Waals surface area contributed by atoms with Gasteiger partial charge in [-0.3, -0.25) is 14.9 Å². The lowest BCUT2D eigenvalue weighted by Gasteiger charge is -2.13. The first-order valence-corrected chi connectivity index (χ1v) is 10.7. The SMILES string of the molecule is CC(=O)Nc1ccc(S(=O)(=O)Nc2ccc(N)c(C(=N)c3ccccc3)c2)cc1Cl. The third-order valence-electron chi connectivity index (χ3n) is 4.20. The summed E-state index contributed by atoms with van der Waals surface area (Å²) in [6.07, 6.45) is 0. The van der Waals surface area contributed by atoms with Gasteiger partial charge in [0.05, 0.1) is 21.3 Å². The predicted octanol–water partition coefficient (Wildman–Crippen LogP) is 4.10. The van der Waals surface area contributed by atoms with Crippen LogP contribution in [0.5, 0.6) is 0 Å². The van der Waals surface area contributed by atoms with Crippen LogP contribution < -0.4 is 15.8 Å². The van der Waals surface area contributed by atoms with Crippen LogP contribution >= 0.6 is 11.6 Å². The molecule has 0 aromatic heterocycles. The molecule has 0 saturated heterocycles. The Morgan fingerprint density at radius 3 is 2.37 bits per heavy atom. The van der Waals surface area contributed by atoms with Crippen molar-refractivity contribution in [1.29, 1.82) is 5.41 Å². The number of carbonyl (C=O) groups is 1. The molecule has 0 spiro atoms. The summed E-state index contributed by atoms with van der Waals surface area (Å²) < 4.78 is 28.0. The zero-order valence-corrected chi connectivity index (χ0v) is 17.5. The number of benzene rings is 3. The number of rotatable bonds is 6. The van der Waals surface area contributed by atoms with Gasteiger partial charge in [-0.2, -0.15) is 0 Å². The van der Waals surface area contributed by atoms with Crippen molar-refractivity contribution in [2.75, 3.05) is 15.8 Å². The zero-order valence-electron chi connectivity index (χ0n) is 15.9. The monoisotopic (exact) mass is 442 g/mol. The molecule has 9 heteroatoms. The van der Waals surface area contributed by atoms with E-state index in [9.17, 15) is 13.2 Å². The van der Waals surface area contributed by atoms with Crippen LogP contribution in [0, 0.1) is 5.41 Å². The van der Waals surface area contributed by atoms with E-state index >= 15 is 0 Å². The second-order valence-corrected chi connectivity index (χ2v) is 8.56. The molecule has 7 nitrogen and oxygen atoms in total. The lowest BCUT2D eigenvalue weighted by Crippen LogP contribution is -2.14. The van der Waals surface area contributed by atoms with E-state index in [-0.39, 0.29) is 27.2 Å². The molecule has 3 aromatic rings. The molecule has 0 atom stereocenters. The van der Waals surface area contributed by atoms with Crippen molar-refractivity contribution >= 4 is 50.3 Å². The van der Waals surface area contributed by atoms with Crippen LogP contribution in [0.2, 0.25) is 5.02 Å². The van der Waals surface area contributed by atoms with Crippen LogP contribution in [0.25, 0.3) is 0 Å². The second kappa shape index (κ2) is 8.56. The molecule has 0 fully saturated rings. The van der Waals surface area contributed by atoms with Gasteiger partial charge in [0.2, 0.25) is 5.91 Å². The van der Waals surface area contributed by atoms with Crippen molar-refractivity contribution < 1.29 is 13.2 Å². The van der Waals surface area contributed by atoms with Crippen LogP contribution in [-0.2, 0) is 14.8 Å².